The summed E-state index contributed by atoms with van der Waals surface area (Å²) < 4.78 is 11.3. The molecule has 4 aromatic rings. The Morgan fingerprint density at radius 3 is 1.27 bits per heavy atom. The van der Waals surface area contributed by atoms with Gasteiger partial charge in [0.1, 0.15) is 11.5 Å². The van der Waals surface area contributed by atoms with Gasteiger partial charge in [-0.05, 0) is 70.4 Å². The number of ether oxygens (including phenoxy) is 2. The first-order valence-electron chi connectivity index (χ1n) is 8.32. The Hall–Kier alpha value is -3.40. The van der Waals surface area contributed by atoms with Crippen LogP contribution >= 0.6 is 0 Å². The standard InChI is InChI=1S/C22H18N2O2/c1-25-19-5-3-18-17(21(19)15-7-11-23-12-8-15)4-6-20(26-2)22(18)16-9-13-24-14-10-16/h3-14H,1-2H3. The molecule has 0 radical (unpaired) electrons. The van der Waals surface area contributed by atoms with Gasteiger partial charge in [-0.2, -0.15) is 0 Å². The number of benzene rings is 2. The molecule has 128 valence electrons. The molecular formula is C22H18N2O2. The molecule has 26 heavy (non-hydrogen) atoms. The number of pyridine rings is 2. The zero-order valence-electron chi connectivity index (χ0n) is 14.6. The van der Waals surface area contributed by atoms with Crippen LogP contribution in [-0.2, 0) is 0 Å². The minimum Gasteiger partial charge on any atom is -0.496 e. The van der Waals surface area contributed by atoms with Crippen molar-refractivity contribution in [2.24, 2.45) is 0 Å². The number of rotatable bonds is 4. The third-order valence-electron chi connectivity index (χ3n) is 4.50. The molecule has 0 spiro atoms. The minimum atomic E-state index is 0.828. The minimum absolute atomic E-state index is 0.828. The van der Waals surface area contributed by atoms with E-state index in [1.54, 1.807) is 39.0 Å². The number of hydrogen-bond donors (Lipinski definition) is 0. The van der Waals surface area contributed by atoms with E-state index in [0.29, 0.717) is 0 Å². The lowest BCUT2D eigenvalue weighted by Crippen LogP contribution is -1.94. The van der Waals surface area contributed by atoms with E-state index in [2.05, 4.69) is 22.1 Å². The number of hydrogen-bond acceptors (Lipinski definition) is 4. The topological polar surface area (TPSA) is 44.2 Å². The predicted molar refractivity (Wildman–Crippen MR) is 104 cm³/mol. The Balaban J connectivity index is 2.10. The summed E-state index contributed by atoms with van der Waals surface area (Å²) in [5.41, 5.74) is 4.22. The molecule has 0 unspecified atom stereocenters. The molecular weight excluding hydrogens is 324 g/mol. The van der Waals surface area contributed by atoms with Crippen molar-refractivity contribution in [2.45, 2.75) is 0 Å². The van der Waals surface area contributed by atoms with Gasteiger partial charge in [-0.1, -0.05) is 0 Å². The van der Waals surface area contributed by atoms with Gasteiger partial charge in [-0.3, -0.25) is 9.97 Å². The van der Waals surface area contributed by atoms with Crippen molar-refractivity contribution < 1.29 is 9.47 Å². The van der Waals surface area contributed by atoms with Gasteiger partial charge < -0.3 is 9.47 Å². The third-order valence-corrected chi connectivity index (χ3v) is 4.50. The fourth-order valence-electron chi connectivity index (χ4n) is 3.34. The van der Waals surface area contributed by atoms with E-state index >= 15 is 0 Å². The van der Waals surface area contributed by atoms with Gasteiger partial charge in [0.2, 0.25) is 0 Å². The summed E-state index contributed by atoms with van der Waals surface area (Å²) in [7, 11) is 3.39. The average molecular weight is 342 g/mol. The molecule has 0 amide bonds. The fourth-order valence-corrected chi connectivity index (χ4v) is 3.34. The maximum absolute atomic E-state index is 5.65. The number of methoxy groups -OCH3 is 2. The Kier molecular flexibility index (Phi) is 4.23. The van der Waals surface area contributed by atoms with Crippen LogP contribution in [0.15, 0.2) is 73.3 Å². The van der Waals surface area contributed by atoms with Crippen molar-refractivity contribution in [3.05, 3.63) is 73.3 Å². The van der Waals surface area contributed by atoms with E-state index in [9.17, 15) is 0 Å². The van der Waals surface area contributed by atoms with Crippen LogP contribution in [0.3, 0.4) is 0 Å². The van der Waals surface area contributed by atoms with Crippen LogP contribution in [0.1, 0.15) is 0 Å². The Bertz CT molecular complexity index is 961. The maximum Gasteiger partial charge on any atom is 0.127 e. The number of fused-ring (bicyclic) bond motifs is 1. The van der Waals surface area contributed by atoms with Crippen molar-refractivity contribution >= 4 is 10.8 Å². The van der Waals surface area contributed by atoms with Crippen LogP contribution in [-0.4, -0.2) is 24.2 Å². The van der Waals surface area contributed by atoms with E-state index in [0.717, 1.165) is 44.5 Å². The van der Waals surface area contributed by atoms with Crippen molar-refractivity contribution in [3.8, 4) is 33.8 Å². The predicted octanol–water partition coefficient (Wildman–Crippen LogP) is 4.98. The monoisotopic (exact) mass is 342 g/mol. The number of nitrogens with zero attached hydrogens (tertiary/aromatic N) is 2. The molecule has 0 N–H and O–H groups in total. The lowest BCUT2D eigenvalue weighted by atomic mass is 9.92. The summed E-state index contributed by atoms with van der Waals surface area (Å²) >= 11 is 0. The first kappa shape index (κ1) is 16.1. The van der Waals surface area contributed by atoms with Gasteiger partial charge in [-0.25, -0.2) is 0 Å². The summed E-state index contributed by atoms with van der Waals surface area (Å²) in [5.74, 6) is 1.66. The van der Waals surface area contributed by atoms with Crippen LogP contribution in [0.4, 0.5) is 0 Å². The normalized spacial score (nSPS) is 10.7. The van der Waals surface area contributed by atoms with Crippen LogP contribution in [0.25, 0.3) is 33.0 Å². The lowest BCUT2D eigenvalue weighted by molar-refractivity contribution is 0.416. The first-order valence-corrected chi connectivity index (χ1v) is 8.32. The van der Waals surface area contributed by atoms with E-state index in [4.69, 9.17) is 9.47 Å². The molecule has 0 saturated heterocycles. The summed E-state index contributed by atoms with van der Waals surface area (Å²) in [5, 5.41) is 2.20. The third kappa shape index (κ3) is 2.65. The summed E-state index contributed by atoms with van der Waals surface area (Å²) in [6.07, 6.45) is 7.17. The second-order valence-electron chi connectivity index (χ2n) is 5.85. The average Bonchev–Trinajstić information content (AvgIpc) is 2.73. The zero-order valence-corrected chi connectivity index (χ0v) is 14.6. The second-order valence-corrected chi connectivity index (χ2v) is 5.85. The molecule has 0 bridgehead atoms. The molecule has 0 aliphatic heterocycles. The van der Waals surface area contributed by atoms with Crippen molar-refractivity contribution in [1.29, 1.82) is 0 Å². The molecule has 0 saturated carbocycles. The Labute approximate surface area is 152 Å². The Morgan fingerprint density at radius 1 is 0.538 bits per heavy atom. The van der Waals surface area contributed by atoms with Gasteiger partial charge in [0, 0.05) is 35.9 Å². The molecule has 0 aliphatic rings. The van der Waals surface area contributed by atoms with Gasteiger partial charge in [0.15, 0.2) is 0 Å². The maximum atomic E-state index is 5.65. The molecule has 2 heterocycles. The van der Waals surface area contributed by atoms with Gasteiger partial charge in [0.25, 0.3) is 0 Å². The van der Waals surface area contributed by atoms with Gasteiger partial charge in [-0.15, -0.1) is 0 Å². The fraction of sp³-hybridized carbons (Fsp3) is 0.0909. The highest BCUT2D eigenvalue weighted by Gasteiger charge is 2.16. The van der Waals surface area contributed by atoms with Crippen molar-refractivity contribution in [1.82, 2.24) is 9.97 Å². The van der Waals surface area contributed by atoms with E-state index in [-0.39, 0.29) is 0 Å². The molecule has 4 heteroatoms. The quantitative estimate of drug-likeness (QED) is 0.524. The summed E-state index contributed by atoms with van der Waals surface area (Å²) in [4.78, 5) is 8.26. The van der Waals surface area contributed by atoms with Crippen molar-refractivity contribution in [2.75, 3.05) is 14.2 Å². The highest BCUT2D eigenvalue weighted by atomic mass is 16.5. The molecule has 4 nitrogen and oxygen atoms in total. The van der Waals surface area contributed by atoms with Gasteiger partial charge in [0.05, 0.1) is 14.2 Å². The lowest BCUT2D eigenvalue weighted by Gasteiger charge is -2.17. The molecule has 0 aliphatic carbocycles. The molecule has 2 aromatic heterocycles. The first-order chi connectivity index (χ1) is 12.8. The van der Waals surface area contributed by atoms with Crippen molar-refractivity contribution in [3.63, 3.8) is 0 Å². The smallest absolute Gasteiger partial charge is 0.127 e. The van der Waals surface area contributed by atoms with Crippen LogP contribution in [0.2, 0.25) is 0 Å². The van der Waals surface area contributed by atoms with E-state index in [1.165, 1.54) is 0 Å². The van der Waals surface area contributed by atoms with Crippen LogP contribution in [0, 0.1) is 0 Å². The highest BCUT2D eigenvalue weighted by molar-refractivity contribution is 6.08. The molecule has 0 atom stereocenters. The largest absolute Gasteiger partial charge is 0.496 e. The highest BCUT2D eigenvalue weighted by Crippen LogP contribution is 2.43. The zero-order chi connectivity index (χ0) is 17.9. The van der Waals surface area contributed by atoms with Crippen LogP contribution in [0.5, 0.6) is 11.5 Å². The SMILES string of the molecule is COc1ccc2c(-c3ccncc3)c(OC)ccc2c1-c1ccncc1. The van der Waals surface area contributed by atoms with Crippen LogP contribution < -0.4 is 9.47 Å². The van der Waals surface area contributed by atoms with E-state index in [1.807, 2.05) is 36.4 Å². The second kappa shape index (κ2) is 6.84. The summed E-state index contributed by atoms with van der Waals surface area (Å²) in [6, 6.07) is 16.1. The number of aromatic nitrogens is 2. The summed E-state index contributed by atoms with van der Waals surface area (Å²) in [6.45, 7) is 0. The molecule has 0 fully saturated rings. The van der Waals surface area contributed by atoms with E-state index < -0.39 is 0 Å². The van der Waals surface area contributed by atoms with Gasteiger partial charge >= 0.3 is 0 Å². The Morgan fingerprint density at radius 2 is 0.923 bits per heavy atom. The molecule has 4 rings (SSSR count). The molecule has 2 aromatic carbocycles.